The molecule has 4 aliphatic rings. The van der Waals surface area contributed by atoms with Crippen molar-refractivity contribution in [1.29, 1.82) is 0 Å². The monoisotopic (exact) mass is 693 g/mol. The average Bonchev–Trinajstić information content (AvgIpc) is 3.73. The van der Waals surface area contributed by atoms with Crippen LogP contribution in [0.3, 0.4) is 0 Å². The minimum atomic E-state index is -1.99. The van der Waals surface area contributed by atoms with Crippen LogP contribution in [0.15, 0.2) is 28.9 Å². The summed E-state index contributed by atoms with van der Waals surface area (Å²) < 4.78 is 27.7. The van der Waals surface area contributed by atoms with E-state index in [2.05, 4.69) is 0 Å². The van der Waals surface area contributed by atoms with E-state index in [1.165, 1.54) is 4.90 Å². The highest BCUT2D eigenvalue weighted by molar-refractivity contribution is 8.34. The van der Waals surface area contributed by atoms with Crippen molar-refractivity contribution in [3.8, 4) is 0 Å². The molecule has 0 bridgehead atoms. The van der Waals surface area contributed by atoms with Crippen LogP contribution in [0.5, 0.6) is 0 Å². The molecule has 0 aromatic rings. The SMILES string of the molecule is CCOC(=O)C1=C(C)N2C(S1)C1(C(=O)OC)SC(=C3SC(C(=O)OC)=C(C(=O)OC)S3)SC1(C(=O)OC)C2C(=O)OCC. The molecule has 4 rings (SSSR count). The van der Waals surface area contributed by atoms with Crippen LogP contribution in [0.25, 0.3) is 0 Å². The summed E-state index contributed by atoms with van der Waals surface area (Å²) in [6.45, 7) is 4.88. The standard InChI is InChI=1S/C25H27NO12S5/c1-8-37-17(29)11-10(3)26-14(18(30)38-9-2)24(22(31)35-6)25(21(26)41-11,23(32)36-7)43-20(42-24)19-39-12(15(27)33-4)13(40-19)16(28)34-5/h14,21H,8-9H2,1-7H3. The number of methoxy groups -OCH3 is 4. The summed E-state index contributed by atoms with van der Waals surface area (Å²) in [6, 6.07) is -1.46. The first-order valence-electron chi connectivity index (χ1n) is 12.5. The van der Waals surface area contributed by atoms with E-state index in [-0.39, 0.29) is 27.9 Å². The zero-order chi connectivity index (χ0) is 31.9. The van der Waals surface area contributed by atoms with Gasteiger partial charge in [-0.2, -0.15) is 0 Å². The van der Waals surface area contributed by atoms with E-state index in [0.717, 1.165) is 87.2 Å². The minimum Gasteiger partial charge on any atom is -0.468 e. The van der Waals surface area contributed by atoms with E-state index in [9.17, 15) is 28.8 Å². The van der Waals surface area contributed by atoms with E-state index < -0.39 is 56.7 Å². The number of hydrogen-bond donors (Lipinski definition) is 0. The number of ether oxygens (including phenoxy) is 6. The third kappa shape index (κ3) is 4.92. The normalized spacial score (nSPS) is 27.6. The summed E-state index contributed by atoms with van der Waals surface area (Å²) >= 11 is 4.60. The molecule has 0 saturated carbocycles. The number of thioether (sulfide) groups is 5. The van der Waals surface area contributed by atoms with Gasteiger partial charge in [-0.05, 0) is 20.8 Å². The molecule has 4 unspecified atom stereocenters. The van der Waals surface area contributed by atoms with Crippen molar-refractivity contribution in [1.82, 2.24) is 4.90 Å². The number of carbonyl (C=O) groups excluding carboxylic acids is 6. The van der Waals surface area contributed by atoms with Crippen LogP contribution in [-0.4, -0.2) is 103 Å². The van der Waals surface area contributed by atoms with Gasteiger partial charge in [-0.25, -0.2) is 19.2 Å². The lowest BCUT2D eigenvalue weighted by atomic mass is 9.87. The maximum Gasteiger partial charge on any atom is 0.346 e. The molecule has 0 N–H and O–H groups in total. The lowest BCUT2D eigenvalue weighted by molar-refractivity contribution is -0.157. The Morgan fingerprint density at radius 3 is 1.70 bits per heavy atom. The number of rotatable bonds is 8. The molecule has 2 saturated heterocycles. The molecule has 18 heteroatoms. The van der Waals surface area contributed by atoms with Gasteiger partial charge in [0.25, 0.3) is 0 Å². The molecule has 4 heterocycles. The van der Waals surface area contributed by atoms with Gasteiger partial charge in [-0.15, -0.1) is 0 Å². The van der Waals surface area contributed by atoms with Crippen molar-refractivity contribution in [3.05, 3.63) is 28.9 Å². The molecule has 2 fully saturated rings. The fraction of sp³-hybridized carbons (Fsp3) is 0.520. The van der Waals surface area contributed by atoms with Gasteiger partial charge < -0.3 is 33.3 Å². The fourth-order valence-electron chi connectivity index (χ4n) is 5.02. The number of allylic oxidation sites excluding steroid dienone is 1. The summed E-state index contributed by atoms with van der Waals surface area (Å²) in [4.78, 5) is 81.5. The molecule has 13 nitrogen and oxygen atoms in total. The predicted octanol–water partition coefficient (Wildman–Crippen LogP) is 2.57. The first-order valence-corrected chi connectivity index (χ1v) is 16.6. The maximum atomic E-state index is 14.0. The number of hydrogen-bond acceptors (Lipinski definition) is 18. The first-order chi connectivity index (χ1) is 20.4. The highest BCUT2D eigenvalue weighted by atomic mass is 32.2. The molecule has 4 atom stereocenters. The van der Waals surface area contributed by atoms with Gasteiger partial charge in [0.1, 0.15) is 20.1 Å². The third-order valence-corrected chi connectivity index (χ3v) is 14.9. The topological polar surface area (TPSA) is 161 Å². The van der Waals surface area contributed by atoms with Gasteiger partial charge in [0, 0.05) is 5.70 Å². The van der Waals surface area contributed by atoms with Crippen LogP contribution in [-0.2, 0) is 57.2 Å². The number of nitrogens with zero attached hydrogens (tertiary/aromatic N) is 1. The van der Waals surface area contributed by atoms with Crippen LogP contribution in [0.2, 0.25) is 0 Å². The van der Waals surface area contributed by atoms with Crippen molar-refractivity contribution in [2.24, 2.45) is 0 Å². The lowest BCUT2D eigenvalue weighted by Crippen LogP contribution is -2.63. The second kappa shape index (κ2) is 12.9. The van der Waals surface area contributed by atoms with Crippen molar-refractivity contribution in [3.63, 3.8) is 0 Å². The van der Waals surface area contributed by atoms with Crippen molar-refractivity contribution in [2.75, 3.05) is 41.7 Å². The van der Waals surface area contributed by atoms with Gasteiger partial charge in [0.2, 0.25) is 0 Å². The Balaban J connectivity index is 1.98. The van der Waals surface area contributed by atoms with Crippen LogP contribution in [0, 0.1) is 0 Å². The summed E-state index contributed by atoms with van der Waals surface area (Å²) in [5.74, 6) is -4.83. The molecule has 0 aromatic heterocycles. The van der Waals surface area contributed by atoms with Crippen LogP contribution < -0.4 is 0 Å². The molecule has 0 spiro atoms. The van der Waals surface area contributed by atoms with Crippen molar-refractivity contribution in [2.45, 2.75) is 41.7 Å². The molecule has 43 heavy (non-hydrogen) atoms. The van der Waals surface area contributed by atoms with E-state index in [0.29, 0.717) is 14.2 Å². The predicted molar refractivity (Wildman–Crippen MR) is 161 cm³/mol. The van der Waals surface area contributed by atoms with Gasteiger partial charge in [0.05, 0.1) is 50.1 Å². The van der Waals surface area contributed by atoms with Gasteiger partial charge in [-0.1, -0.05) is 58.8 Å². The molecule has 0 aliphatic carbocycles. The van der Waals surface area contributed by atoms with Gasteiger partial charge in [-0.3, -0.25) is 9.59 Å². The Morgan fingerprint density at radius 2 is 1.21 bits per heavy atom. The molecule has 0 aromatic carbocycles. The van der Waals surface area contributed by atoms with Crippen LogP contribution in [0.4, 0.5) is 0 Å². The fourth-order valence-corrected chi connectivity index (χ4v) is 13.5. The number of carbonyl (C=O) groups is 6. The molecule has 234 valence electrons. The van der Waals surface area contributed by atoms with Crippen LogP contribution in [0.1, 0.15) is 20.8 Å². The second-order valence-electron chi connectivity index (χ2n) is 8.75. The Bertz CT molecular complexity index is 1360. The Kier molecular flexibility index (Phi) is 10.0. The van der Waals surface area contributed by atoms with Crippen molar-refractivity contribution < 1.29 is 57.2 Å². The first kappa shape index (κ1) is 33.5. The summed E-state index contributed by atoms with van der Waals surface area (Å²) in [5, 5.41) is -1.03. The Hall–Kier alpha value is -2.41. The summed E-state index contributed by atoms with van der Waals surface area (Å²) in [7, 11) is 4.60. The van der Waals surface area contributed by atoms with E-state index in [1.54, 1.807) is 20.8 Å². The Labute approximate surface area is 267 Å². The summed E-state index contributed by atoms with van der Waals surface area (Å²) in [5.41, 5.74) is 0.315. The molecule has 0 radical (unpaired) electrons. The zero-order valence-electron chi connectivity index (χ0n) is 24.0. The highest BCUT2D eigenvalue weighted by Crippen LogP contribution is 2.75. The van der Waals surface area contributed by atoms with E-state index >= 15 is 0 Å². The molecular formula is C25H27NO12S5. The number of esters is 6. The van der Waals surface area contributed by atoms with E-state index in [1.807, 2.05) is 0 Å². The third-order valence-electron chi connectivity index (χ3n) is 6.72. The maximum absolute atomic E-state index is 14.0. The van der Waals surface area contributed by atoms with Crippen molar-refractivity contribution >= 4 is 94.6 Å². The second-order valence-corrected chi connectivity index (χ2v) is 14.9. The minimum absolute atomic E-state index is 0.0384. The van der Waals surface area contributed by atoms with Crippen LogP contribution >= 0.6 is 58.8 Å². The van der Waals surface area contributed by atoms with E-state index in [4.69, 9.17) is 28.4 Å². The molecule has 0 amide bonds. The number of fused-ring (bicyclic) bond motifs is 3. The highest BCUT2D eigenvalue weighted by Gasteiger charge is 2.85. The quantitative estimate of drug-likeness (QED) is 0.269. The van der Waals surface area contributed by atoms with Gasteiger partial charge in [0.15, 0.2) is 15.5 Å². The smallest absolute Gasteiger partial charge is 0.346 e. The lowest BCUT2D eigenvalue weighted by Gasteiger charge is -2.36. The molecule has 4 aliphatic heterocycles. The zero-order valence-corrected chi connectivity index (χ0v) is 28.0. The largest absolute Gasteiger partial charge is 0.468 e. The summed E-state index contributed by atoms with van der Waals surface area (Å²) in [6.07, 6.45) is 0. The average molecular weight is 694 g/mol. The van der Waals surface area contributed by atoms with Gasteiger partial charge >= 0.3 is 35.8 Å². The molecular weight excluding hydrogens is 667 g/mol. The Morgan fingerprint density at radius 1 is 0.698 bits per heavy atom.